The van der Waals surface area contributed by atoms with Crippen molar-refractivity contribution in [1.82, 2.24) is 15.1 Å². The minimum atomic E-state index is 0.219. The van der Waals surface area contributed by atoms with Gasteiger partial charge in [0.05, 0.1) is 0 Å². The Morgan fingerprint density at radius 1 is 1.05 bits per heavy atom. The largest absolute Gasteiger partial charge is 0.336 e. The molecule has 1 amide bonds. The van der Waals surface area contributed by atoms with E-state index in [2.05, 4.69) is 22.3 Å². The fourth-order valence-corrected chi connectivity index (χ4v) is 3.71. The van der Waals surface area contributed by atoms with Gasteiger partial charge in [-0.25, -0.2) is 0 Å². The van der Waals surface area contributed by atoms with Gasteiger partial charge >= 0.3 is 0 Å². The summed E-state index contributed by atoms with van der Waals surface area (Å²) in [5.74, 6) is 0.219. The van der Waals surface area contributed by atoms with Crippen molar-refractivity contribution in [3.63, 3.8) is 0 Å². The van der Waals surface area contributed by atoms with E-state index in [9.17, 15) is 4.79 Å². The highest BCUT2D eigenvalue weighted by atomic mass is 16.2. The van der Waals surface area contributed by atoms with Gasteiger partial charge in [-0.05, 0) is 42.5 Å². The van der Waals surface area contributed by atoms with Crippen LogP contribution in [0.1, 0.15) is 27.9 Å². The predicted molar refractivity (Wildman–Crippen MR) is 82.6 cm³/mol. The van der Waals surface area contributed by atoms with Crippen LogP contribution in [0.25, 0.3) is 0 Å². The van der Waals surface area contributed by atoms with E-state index in [1.807, 2.05) is 11.0 Å². The molecule has 0 bridgehead atoms. The van der Waals surface area contributed by atoms with Crippen LogP contribution in [0.4, 0.5) is 0 Å². The summed E-state index contributed by atoms with van der Waals surface area (Å²) in [7, 11) is 0. The van der Waals surface area contributed by atoms with Gasteiger partial charge in [-0.1, -0.05) is 6.07 Å². The van der Waals surface area contributed by atoms with Crippen LogP contribution in [0.2, 0.25) is 0 Å². The fourth-order valence-electron chi connectivity index (χ4n) is 3.71. The number of nitrogens with one attached hydrogen (secondary N) is 1. The Labute approximate surface area is 126 Å². The van der Waals surface area contributed by atoms with Crippen molar-refractivity contribution in [1.29, 1.82) is 0 Å². The van der Waals surface area contributed by atoms with E-state index in [0.717, 1.165) is 51.3 Å². The molecule has 0 aromatic heterocycles. The van der Waals surface area contributed by atoms with Gasteiger partial charge in [-0.3, -0.25) is 9.69 Å². The standard InChI is InChI=1S/C17H23N3O/c21-17(15-5-4-13-2-1-3-14(13)10-15)20-8-6-19(7-9-20)16-11-18-12-16/h4-5,10,16,18H,1-3,6-9,11-12H2. The maximum absolute atomic E-state index is 12.7. The van der Waals surface area contributed by atoms with Gasteiger partial charge in [0.25, 0.3) is 5.91 Å². The molecule has 2 saturated heterocycles. The molecule has 0 radical (unpaired) electrons. The van der Waals surface area contributed by atoms with Crippen molar-refractivity contribution in [2.45, 2.75) is 25.3 Å². The molecule has 2 aliphatic heterocycles. The molecule has 0 unspecified atom stereocenters. The lowest BCUT2D eigenvalue weighted by Gasteiger charge is -2.43. The minimum absolute atomic E-state index is 0.219. The van der Waals surface area contributed by atoms with Gasteiger partial charge in [0.2, 0.25) is 0 Å². The third kappa shape index (κ3) is 2.47. The second kappa shape index (κ2) is 5.43. The average Bonchev–Trinajstić information content (AvgIpc) is 2.93. The summed E-state index contributed by atoms with van der Waals surface area (Å²) >= 11 is 0. The molecule has 1 aromatic rings. The topological polar surface area (TPSA) is 35.6 Å². The van der Waals surface area contributed by atoms with Gasteiger partial charge in [-0.2, -0.15) is 0 Å². The van der Waals surface area contributed by atoms with Crippen LogP contribution in [-0.2, 0) is 12.8 Å². The number of aryl methyl sites for hydroxylation is 2. The number of fused-ring (bicyclic) bond motifs is 1. The molecule has 0 saturated carbocycles. The molecule has 4 nitrogen and oxygen atoms in total. The number of amides is 1. The Kier molecular flexibility index (Phi) is 3.43. The minimum Gasteiger partial charge on any atom is -0.336 e. The zero-order valence-corrected chi connectivity index (χ0v) is 12.5. The smallest absolute Gasteiger partial charge is 0.253 e. The van der Waals surface area contributed by atoms with E-state index in [-0.39, 0.29) is 5.91 Å². The van der Waals surface area contributed by atoms with Crippen molar-refractivity contribution in [3.05, 3.63) is 34.9 Å². The van der Waals surface area contributed by atoms with Crippen LogP contribution in [0.3, 0.4) is 0 Å². The van der Waals surface area contributed by atoms with Gasteiger partial charge in [-0.15, -0.1) is 0 Å². The Hall–Kier alpha value is -1.39. The average molecular weight is 285 g/mol. The summed E-state index contributed by atoms with van der Waals surface area (Å²) in [6, 6.07) is 7.01. The lowest BCUT2D eigenvalue weighted by Crippen LogP contribution is -2.62. The van der Waals surface area contributed by atoms with Crippen molar-refractivity contribution in [2.75, 3.05) is 39.3 Å². The van der Waals surface area contributed by atoms with Crippen molar-refractivity contribution >= 4 is 5.91 Å². The van der Waals surface area contributed by atoms with E-state index in [1.54, 1.807) is 0 Å². The molecule has 0 atom stereocenters. The molecular formula is C17H23N3O. The maximum atomic E-state index is 12.7. The number of carbonyl (C=O) groups excluding carboxylic acids is 1. The quantitative estimate of drug-likeness (QED) is 0.877. The van der Waals surface area contributed by atoms with Crippen molar-refractivity contribution in [3.8, 4) is 0 Å². The van der Waals surface area contributed by atoms with Crippen LogP contribution in [0, 0.1) is 0 Å². The molecule has 3 aliphatic rings. The van der Waals surface area contributed by atoms with Crippen LogP contribution in [0.5, 0.6) is 0 Å². The molecule has 21 heavy (non-hydrogen) atoms. The molecule has 0 spiro atoms. The number of benzene rings is 1. The van der Waals surface area contributed by atoms with E-state index in [1.165, 1.54) is 24.0 Å². The van der Waals surface area contributed by atoms with Gasteiger partial charge in [0.15, 0.2) is 0 Å². The van der Waals surface area contributed by atoms with Gasteiger partial charge in [0.1, 0.15) is 0 Å². The lowest BCUT2D eigenvalue weighted by atomic mass is 10.0. The number of rotatable bonds is 2. The van der Waals surface area contributed by atoms with Crippen LogP contribution < -0.4 is 5.32 Å². The van der Waals surface area contributed by atoms with E-state index in [4.69, 9.17) is 0 Å². The normalized spacial score (nSPS) is 23.0. The summed E-state index contributed by atoms with van der Waals surface area (Å²) in [5.41, 5.74) is 3.71. The number of hydrogen-bond acceptors (Lipinski definition) is 3. The SMILES string of the molecule is O=C(c1ccc2c(c1)CCC2)N1CCN(C2CNC2)CC1. The highest BCUT2D eigenvalue weighted by molar-refractivity contribution is 5.94. The van der Waals surface area contributed by atoms with Crippen molar-refractivity contribution < 1.29 is 4.79 Å². The first-order valence-corrected chi connectivity index (χ1v) is 8.17. The summed E-state index contributed by atoms with van der Waals surface area (Å²) in [6.45, 7) is 5.99. The summed E-state index contributed by atoms with van der Waals surface area (Å²) in [4.78, 5) is 17.2. The number of hydrogen-bond donors (Lipinski definition) is 1. The zero-order valence-electron chi connectivity index (χ0n) is 12.5. The Bertz CT molecular complexity index is 545. The predicted octanol–water partition coefficient (Wildman–Crippen LogP) is 0.905. The second-order valence-electron chi connectivity index (χ2n) is 6.48. The molecule has 1 aromatic carbocycles. The molecular weight excluding hydrogens is 262 g/mol. The molecule has 1 aliphatic carbocycles. The monoisotopic (exact) mass is 285 g/mol. The van der Waals surface area contributed by atoms with Crippen molar-refractivity contribution in [2.24, 2.45) is 0 Å². The highest BCUT2D eigenvalue weighted by Gasteiger charge is 2.29. The Morgan fingerprint density at radius 2 is 1.81 bits per heavy atom. The number of carbonyl (C=O) groups is 1. The summed E-state index contributed by atoms with van der Waals surface area (Å²) in [6.07, 6.45) is 3.55. The first-order valence-electron chi connectivity index (χ1n) is 8.17. The zero-order chi connectivity index (χ0) is 14.2. The molecule has 4 heteroatoms. The van der Waals surface area contributed by atoms with Crippen LogP contribution >= 0.6 is 0 Å². The van der Waals surface area contributed by atoms with Crippen LogP contribution in [-0.4, -0.2) is 61.0 Å². The fraction of sp³-hybridized carbons (Fsp3) is 0.588. The van der Waals surface area contributed by atoms with E-state index in [0.29, 0.717) is 6.04 Å². The van der Waals surface area contributed by atoms with Gasteiger partial charge in [0, 0.05) is 50.9 Å². The summed E-state index contributed by atoms with van der Waals surface area (Å²) in [5, 5.41) is 3.32. The number of piperazine rings is 1. The Morgan fingerprint density at radius 3 is 2.52 bits per heavy atom. The van der Waals surface area contributed by atoms with E-state index < -0.39 is 0 Å². The number of nitrogens with zero attached hydrogens (tertiary/aromatic N) is 2. The third-order valence-electron chi connectivity index (χ3n) is 5.22. The first-order chi connectivity index (χ1) is 10.3. The van der Waals surface area contributed by atoms with Gasteiger partial charge < -0.3 is 10.2 Å². The Balaban J connectivity index is 1.41. The van der Waals surface area contributed by atoms with Crippen LogP contribution in [0.15, 0.2) is 18.2 Å². The highest BCUT2D eigenvalue weighted by Crippen LogP contribution is 2.23. The molecule has 1 N–H and O–H groups in total. The second-order valence-corrected chi connectivity index (χ2v) is 6.48. The first kappa shape index (κ1) is 13.3. The summed E-state index contributed by atoms with van der Waals surface area (Å²) < 4.78 is 0. The molecule has 4 rings (SSSR count). The molecule has 2 fully saturated rings. The molecule has 112 valence electrons. The lowest BCUT2D eigenvalue weighted by molar-refractivity contribution is 0.0502. The maximum Gasteiger partial charge on any atom is 0.253 e. The molecule has 2 heterocycles. The third-order valence-corrected chi connectivity index (χ3v) is 5.22. The van der Waals surface area contributed by atoms with E-state index >= 15 is 0 Å².